The number of carbonyl (C=O) groups excluding carboxylic acids is 2. The molecule has 56 heavy (non-hydrogen) atoms. The summed E-state index contributed by atoms with van der Waals surface area (Å²) < 4.78 is 39.7. The van der Waals surface area contributed by atoms with E-state index < -0.39 is 172 Å². The molecule has 4 fully saturated rings. The molecule has 0 aromatic rings. The Morgan fingerprint density at radius 3 is 1.86 bits per heavy atom. The maximum atomic E-state index is 12.9. The number of aliphatic carboxylic acids is 1. The zero-order valence-corrected chi connectivity index (χ0v) is 30.3. The lowest BCUT2D eigenvalue weighted by atomic mass is 9.88. The van der Waals surface area contributed by atoms with Crippen molar-refractivity contribution in [3.63, 3.8) is 0 Å². The SMILES string of the molecule is CC(=O)N[C@@H]1[C@@H](O[C@@H]2O[C@H](C)[C@@H](O)[C@@H](O)[C@@H]2O)[C@H](O[C@@H]2O[C@H](CO)[C@H](O)[C@H](O[C@]3(C(=O)O)C[C@H](O)[C@@H](NC(C)=O)[C@H]([C@H](O)[C@H](O)CO)O3)[C@H]2O)[C@@H](CO)O[C@H]1O. The molecular formula is C31H52N2O23. The Hall–Kier alpha value is -2.35. The van der Waals surface area contributed by atoms with Gasteiger partial charge in [-0.05, 0) is 6.92 Å². The van der Waals surface area contributed by atoms with E-state index in [-0.39, 0.29) is 0 Å². The van der Waals surface area contributed by atoms with Gasteiger partial charge in [0.15, 0.2) is 18.9 Å². The molecule has 0 spiro atoms. The van der Waals surface area contributed by atoms with E-state index in [4.69, 9.17) is 33.2 Å². The average molecular weight is 821 g/mol. The van der Waals surface area contributed by atoms with Crippen LogP contribution in [-0.2, 0) is 47.5 Å². The van der Waals surface area contributed by atoms with Crippen molar-refractivity contribution in [2.24, 2.45) is 0 Å². The van der Waals surface area contributed by atoms with Crippen molar-refractivity contribution >= 4 is 17.8 Å². The number of aliphatic hydroxyl groups is 12. The lowest BCUT2D eigenvalue weighted by Gasteiger charge is -2.51. The highest BCUT2D eigenvalue weighted by Gasteiger charge is 2.60. The number of carboxylic acid groups (broad SMARTS) is 1. The summed E-state index contributed by atoms with van der Waals surface area (Å²) in [6.45, 7) is 0.283. The Balaban J connectivity index is 1.71. The van der Waals surface area contributed by atoms with E-state index >= 15 is 0 Å². The molecule has 4 aliphatic rings. The van der Waals surface area contributed by atoms with Crippen LogP contribution in [0.5, 0.6) is 0 Å². The van der Waals surface area contributed by atoms with Crippen LogP contribution in [0.2, 0.25) is 0 Å². The standard InChI is InChI=1S/C31H52N2O23/c1-8-17(41)20(44)21(45)28(50-8)54-25-16(33-10(3)38)27(47)51-14(7-36)23(25)53-29-22(46)26(19(43)13(6-35)52-29)56-31(30(48)49)4-11(39)15(32-9(2)37)24(55-31)18(42)12(40)5-34/h8,11-29,34-36,39-47H,4-7H2,1-3H3,(H,32,37)(H,33,38)(H,48,49)/t8-,11+,12-,13-,14-,15-,16-,17-,18-,19+,20-,21+,22-,23-,24-,25-,26+,27-,28+,29+,31+/m1/s1. The molecule has 4 rings (SSSR count). The summed E-state index contributed by atoms with van der Waals surface area (Å²) in [5, 5.41) is 142. The van der Waals surface area contributed by atoms with Crippen molar-refractivity contribution in [1.29, 1.82) is 0 Å². The predicted molar refractivity (Wildman–Crippen MR) is 173 cm³/mol. The van der Waals surface area contributed by atoms with Gasteiger partial charge in [-0.1, -0.05) is 0 Å². The van der Waals surface area contributed by atoms with Crippen molar-refractivity contribution in [2.75, 3.05) is 19.8 Å². The molecule has 21 atom stereocenters. The molecule has 25 nitrogen and oxygen atoms in total. The Labute approximate surface area is 317 Å². The Bertz CT molecular complexity index is 1330. The number of hydrogen-bond donors (Lipinski definition) is 15. The predicted octanol–water partition coefficient (Wildman–Crippen LogP) is -9.23. The van der Waals surface area contributed by atoms with Gasteiger partial charge in [-0.2, -0.15) is 0 Å². The Morgan fingerprint density at radius 2 is 1.30 bits per heavy atom. The van der Waals surface area contributed by atoms with Gasteiger partial charge >= 0.3 is 5.97 Å². The summed E-state index contributed by atoms with van der Waals surface area (Å²) in [7, 11) is 0. The van der Waals surface area contributed by atoms with Crippen molar-refractivity contribution in [3.8, 4) is 0 Å². The van der Waals surface area contributed by atoms with Crippen LogP contribution in [0.1, 0.15) is 27.2 Å². The van der Waals surface area contributed by atoms with Gasteiger partial charge in [0.25, 0.3) is 5.79 Å². The first kappa shape index (κ1) is 46.3. The van der Waals surface area contributed by atoms with Crippen LogP contribution < -0.4 is 10.6 Å². The van der Waals surface area contributed by atoms with Crippen LogP contribution in [0, 0.1) is 0 Å². The minimum atomic E-state index is -3.12. The molecule has 4 heterocycles. The summed E-state index contributed by atoms with van der Waals surface area (Å²) in [4.78, 5) is 37.0. The third kappa shape index (κ3) is 9.74. The molecule has 4 aliphatic heterocycles. The van der Waals surface area contributed by atoms with E-state index in [2.05, 4.69) is 10.6 Å². The lowest BCUT2D eigenvalue weighted by Crippen LogP contribution is -2.71. The molecule has 0 bridgehead atoms. The fourth-order valence-corrected chi connectivity index (χ4v) is 6.99. The summed E-state index contributed by atoms with van der Waals surface area (Å²) in [5.41, 5.74) is 0. The molecule has 0 aliphatic carbocycles. The van der Waals surface area contributed by atoms with Crippen molar-refractivity contribution in [1.82, 2.24) is 10.6 Å². The monoisotopic (exact) mass is 820 g/mol. The quantitative estimate of drug-likeness (QED) is 0.0773. The van der Waals surface area contributed by atoms with Gasteiger partial charge in [0, 0.05) is 20.3 Å². The minimum absolute atomic E-state index is 0.767. The van der Waals surface area contributed by atoms with Crippen LogP contribution in [0.4, 0.5) is 0 Å². The lowest BCUT2D eigenvalue weighted by molar-refractivity contribution is -0.390. The number of rotatable bonds is 14. The number of nitrogens with one attached hydrogen (secondary N) is 2. The van der Waals surface area contributed by atoms with Crippen molar-refractivity contribution in [2.45, 2.75) is 155 Å². The molecule has 0 aromatic carbocycles. The van der Waals surface area contributed by atoms with E-state index in [0.717, 1.165) is 13.8 Å². The molecule has 2 amide bonds. The summed E-state index contributed by atoms with van der Waals surface area (Å²) in [6.07, 6.45) is -35.1. The zero-order chi connectivity index (χ0) is 42.0. The second kappa shape index (κ2) is 19.1. The van der Waals surface area contributed by atoms with E-state index in [1.807, 2.05) is 0 Å². The fraction of sp³-hybridized carbons (Fsp3) is 0.903. The summed E-state index contributed by atoms with van der Waals surface area (Å²) >= 11 is 0. The van der Waals surface area contributed by atoms with Crippen molar-refractivity contribution < 1.29 is 114 Å². The summed E-state index contributed by atoms with van der Waals surface area (Å²) in [6, 6.07) is -3.22. The molecule has 0 unspecified atom stereocenters. The van der Waals surface area contributed by atoms with Gasteiger partial charge < -0.3 is 110 Å². The van der Waals surface area contributed by atoms with Gasteiger partial charge in [-0.3, -0.25) is 9.59 Å². The number of amides is 2. The molecule has 25 heteroatoms. The largest absolute Gasteiger partial charge is 0.477 e. The van der Waals surface area contributed by atoms with Crippen molar-refractivity contribution in [3.05, 3.63) is 0 Å². The zero-order valence-electron chi connectivity index (χ0n) is 30.3. The first-order valence-electron chi connectivity index (χ1n) is 17.6. The number of hydrogen-bond acceptors (Lipinski definition) is 22. The number of carbonyl (C=O) groups is 3. The van der Waals surface area contributed by atoms with Crippen LogP contribution >= 0.6 is 0 Å². The number of ether oxygens (including phenoxy) is 7. The Kier molecular flexibility index (Phi) is 15.8. The smallest absolute Gasteiger partial charge is 0.364 e. The molecular weight excluding hydrogens is 768 g/mol. The minimum Gasteiger partial charge on any atom is -0.477 e. The highest BCUT2D eigenvalue weighted by Crippen LogP contribution is 2.39. The van der Waals surface area contributed by atoms with Gasteiger partial charge in [-0.15, -0.1) is 0 Å². The van der Waals surface area contributed by atoms with Gasteiger partial charge in [-0.25, -0.2) is 4.79 Å². The molecule has 324 valence electrons. The maximum Gasteiger partial charge on any atom is 0.364 e. The Morgan fingerprint density at radius 1 is 0.732 bits per heavy atom. The van der Waals surface area contributed by atoms with E-state index in [1.165, 1.54) is 6.92 Å². The molecule has 0 radical (unpaired) electrons. The van der Waals surface area contributed by atoms with Crippen LogP contribution in [0.15, 0.2) is 0 Å². The summed E-state index contributed by atoms with van der Waals surface area (Å²) in [5.74, 6) is -6.69. The molecule has 0 saturated carbocycles. The number of carboxylic acids is 1. The molecule has 0 aromatic heterocycles. The third-order valence-corrected chi connectivity index (χ3v) is 9.94. The van der Waals surface area contributed by atoms with Crippen LogP contribution in [0.3, 0.4) is 0 Å². The van der Waals surface area contributed by atoms with Gasteiger partial charge in [0.1, 0.15) is 85.4 Å². The van der Waals surface area contributed by atoms with Crippen LogP contribution in [-0.4, -0.2) is 232 Å². The maximum absolute atomic E-state index is 12.9. The second-order valence-corrected chi connectivity index (χ2v) is 14.0. The van der Waals surface area contributed by atoms with E-state index in [0.29, 0.717) is 0 Å². The highest BCUT2D eigenvalue weighted by molar-refractivity contribution is 5.76. The van der Waals surface area contributed by atoms with E-state index in [9.17, 15) is 80.8 Å². The van der Waals surface area contributed by atoms with E-state index in [1.54, 1.807) is 0 Å². The van der Waals surface area contributed by atoms with Crippen LogP contribution in [0.25, 0.3) is 0 Å². The normalized spacial score (nSPS) is 45.7. The number of aliphatic hydroxyl groups excluding tert-OH is 12. The van der Waals surface area contributed by atoms with Gasteiger partial charge in [0.2, 0.25) is 11.8 Å². The second-order valence-electron chi connectivity index (χ2n) is 14.0. The van der Waals surface area contributed by atoms with Gasteiger partial charge in [0.05, 0.1) is 38.1 Å². The molecule has 15 N–H and O–H groups in total. The third-order valence-electron chi connectivity index (χ3n) is 9.94. The first-order valence-corrected chi connectivity index (χ1v) is 17.6. The first-order chi connectivity index (χ1) is 26.2. The highest BCUT2D eigenvalue weighted by atomic mass is 16.8. The average Bonchev–Trinajstić information content (AvgIpc) is 3.14. The molecule has 4 saturated heterocycles. The fourth-order valence-electron chi connectivity index (χ4n) is 6.99. The topological polar surface area (TPSA) is 403 Å².